The van der Waals surface area contributed by atoms with Gasteiger partial charge in [-0.25, -0.2) is 0 Å². The first kappa shape index (κ1) is 16.9. The van der Waals surface area contributed by atoms with Gasteiger partial charge in [-0.15, -0.1) is 0 Å². The molecule has 6 nitrogen and oxygen atoms in total. The van der Waals surface area contributed by atoms with Crippen molar-refractivity contribution in [2.45, 2.75) is 39.7 Å². The lowest BCUT2D eigenvalue weighted by Gasteiger charge is -2.24. The van der Waals surface area contributed by atoms with E-state index in [1.165, 1.54) is 6.07 Å². The molecular weight excluding hydrogens is 270 g/mol. The van der Waals surface area contributed by atoms with Crippen LogP contribution in [-0.2, 0) is 0 Å². The molecule has 0 heterocycles. The predicted molar refractivity (Wildman–Crippen MR) is 83.7 cm³/mol. The van der Waals surface area contributed by atoms with Crippen LogP contribution in [0, 0.1) is 10.1 Å². The third-order valence-electron chi connectivity index (χ3n) is 3.59. The monoisotopic (exact) mass is 293 g/mol. The Morgan fingerprint density at radius 2 is 2.10 bits per heavy atom. The molecule has 0 aliphatic rings. The van der Waals surface area contributed by atoms with Crippen molar-refractivity contribution in [2.75, 3.05) is 18.9 Å². The quantitative estimate of drug-likeness (QED) is 0.618. The number of amides is 1. The van der Waals surface area contributed by atoms with Gasteiger partial charge in [-0.05, 0) is 31.9 Å². The first-order chi connectivity index (χ1) is 9.93. The van der Waals surface area contributed by atoms with E-state index in [4.69, 9.17) is 0 Å². The number of benzene rings is 1. The maximum absolute atomic E-state index is 12.5. The minimum Gasteiger partial charge on any atom is -0.379 e. The lowest BCUT2D eigenvalue weighted by Crippen LogP contribution is -2.35. The van der Waals surface area contributed by atoms with Gasteiger partial charge >= 0.3 is 5.69 Å². The number of hydrogen-bond acceptors (Lipinski definition) is 4. The van der Waals surface area contributed by atoms with Gasteiger partial charge in [0, 0.05) is 19.6 Å². The summed E-state index contributed by atoms with van der Waals surface area (Å²) in [6, 6.07) is 4.84. The second kappa shape index (κ2) is 7.61. The fourth-order valence-corrected chi connectivity index (χ4v) is 1.98. The average molecular weight is 293 g/mol. The molecule has 0 aromatic heterocycles. The van der Waals surface area contributed by atoms with Crippen LogP contribution in [0.5, 0.6) is 0 Å². The molecule has 1 atom stereocenters. The zero-order valence-electron chi connectivity index (χ0n) is 13.0. The van der Waals surface area contributed by atoms with Crippen LogP contribution in [0.4, 0.5) is 11.4 Å². The van der Waals surface area contributed by atoms with E-state index in [1.807, 2.05) is 20.8 Å². The Bertz CT molecular complexity index is 517. The number of nitrogens with zero attached hydrogens (tertiary/aromatic N) is 2. The van der Waals surface area contributed by atoms with Crippen molar-refractivity contribution in [3.8, 4) is 0 Å². The Morgan fingerprint density at radius 3 is 2.62 bits per heavy atom. The van der Waals surface area contributed by atoms with Gasteiger partial charge in [0.25, 0.3) is 5.91 Å². The number of nitro benzene ring substituents is 1. The maximum atomic E-state index is 12.5. The lowest BCUT2D eigenvalue weighted by atomic mass is 10.1. The zero-order valence-corrected chi connectivity index (χ0v) is 13.0. The molecule has 0 saturated heterocycles. The SMILES string of the molecule is CCCNc1cccc(C(=O)N(C)C(C)CC)c1[N+](=O)[O-]. The van der Waals surface area contributed by atoms with Crippen molar-refractivity contribution >= 4 is 17.3 Å². The molecule has 116 valence electrons. The van der Waals surface area contributed by atoms with E-state index in [0.717, 1.165) is 12.8 Å². The molecule has 0 aliphatic carbocycles. The number of nitro groups is 1. The second-order valence-electron chi connectivity index (χ2n) is 5.06. The Morgan fingerprint density at radius 1 is 1.43 bits per heavy atom. The Hall–Kier alpha value is -2.11. The highest BCUT2D eigenvalue weighted by Crippen LogP contribution is 2.29. The van der Waals surface area contributed by atoms with Crippen molar-refractivity contribution in [1.29, 1.82) is 0 Å². The summed E-state index contributed by atoms with van der Waals surface area (Å²) in [6.45, 7) is 6.50. The Kier molecular flexibility index (Phi) is 6.14. The third kappa shape index (κ3) is 3.93. The van der Waals surface area contributed by atoms with Crippen molar-refractivity contribution < 1.29 is 9.72 Å². The highest BCUT2D eigenvalue weighted by Gasteiger charge is 2.27. The summed E-state index contributed by atoms with van der Waals surface area (Å²) in [6.07, 6.45) is 1.64. The minimum absolute atomic E-state index is 0.0318. The highest BCUT2D eigenvalue weighted by atomic mass is 16.6. The van der Waals surface area contributed by atoms with Gasteiger partial charge in [0.15, 0.2) is 0 Å². The molecule has 1 amide bonds. The van der Waals surface area contributed by atoms with E-state index in [0.29, 0.717) is 12.2 Å². The minimum atomic E-state index is -0.490. The van der Waals surface area contributed by atoms with Gasteiger partial charge < -0.3 is 10.2 Å². The molecule has 21 heavy (non-hydrogen) atoms. The number of carbonyl (C=O) groups is 1. The van der Waals surface area contributed by atoms with Gasteiger partial charge in [-0.3, -0.25) is 14.9 Å². The first-order valence-electron chi connectivity index (χ1n) is 7.22. The number of anilines is 1. The topological polar surface area (TPSA) is 75.5 Å². The molecule has 0 fully saturated rings. The van der Waals surface area contributed by atoms with Crippen LogP contribution >= 0.6 is 0 Å². The number of para-hydroxylation sites is 1. The fraction of sp³-hybridized carbons (Fsp3) is 0.533. The summed E-state index contributed by atoms with van der Waals surface area (Å²) in [5.41, 5.74) is 0.375. The summed E-state index contributed by atoms with van der Waals surface area (Å²) in [7, 11) is 1.67. The van der Waals surface area contributed by atoms with Crippen molar-refractivity contribution in [1.82, 2.24) is 4.90 Å². The predicted octanol–water partition coefficient (Wildman–Crippen LogP) is 3.29. The smallest absolute Gasteiger partial charge is 0.305 e. The standard InChI is InChI=1S/C15H23N3O3/c1-5-10-16-13-9-7-8-12(14(13)18(20)21)15(19)17(4)11(3)6-2/h7-9,11,16H,5-6,10H2,1-4H3. The van der Waals surface area contributed by atoms with E-state index in [-0.39, 0.29) is 23.2 Å². The second-order valence-corrected chi connectivity index (χ2v) is 5.06. The Balaban J connectivity index is 3.22. The molecule has 6 heteroatoms. The van der Waals surface area contributed by atoms with Crippen LogP contribution in [0.15, 0.2) is 18.2 Å². The number of rotatable bonds is 7. The van der Waals surface area contributed by atoms with Gasteiger partial charge in [0.05, 0.1) is 4.92 Å². The van der Waals surface area contributed by atoms with E-state index < -0.39 is 4.92 Å². The third-order valence-corrected chi connectivity index (χ3v) is 3.59. The van der Waals surface area contributed by atoms with Crippen LogP contribution in [0.1, 0.15) is 44.0 Å². The summed E-state index contributed by atoms with van der Waals surface area (Å²) in [5, 5.41) is 14.4. The molecule has 0 radical (unpaired) electrons. The molecule has 0 saturated carbocycles. The fourth-order valence-electron chi connectivity index (χ4n) is 1.98. The summed E-state index contributed by atoms with van der Waals surface area (Å²) in [5.74, 6) is -0.323. The molecule has 1 N–H and O–H groups in total. The molecule has 1 unspecified atom stereocenters. The van der Waals surface area contributed by atoms with Gasteiger partial charge in [0.2, 0.25) is 0 Å². The summed E-state index contributed by atoms with van der Waals surface area (Å²) >= 11 is 0. The van der Waals surface area contributed by atoms with Crippen LogP contribution in [-0.4, -0.2) is 35.4 Å². The van der Waals surface area contributed by atoms with Crippen molar-refractivity contribution in [3.05, 3.63) is 33.9 Å². The molecule has 0 aliphatic heterocycles. The van der Waals surface area contributed by atoms with E-state index in [1.54, 1.807) is 24.1 Å². The Labute approximate surface area is 125 Å². The number of nitrogens with one attached hydrogen (secondary N) is 1. The first-order valence-corrected chi connectivity index (χ1v) is 7.22. The van der Waals surface area contributed by atoms with Gasteiger partial charge in [-0.1, -0.05) is 19.9 Å². The van der Waals surface area contributed by atoms with Crippen LogP contribution in [0.2, 0.25) is 0 Å². The highest BCUT2D eigenvalue weighted by molar-refractivity contribution is 6.00. The average Bonchev–Trinajstić information content (AvgIpc) is 2.49. The lowest BCUT2D eigenvalue weighted by molar-refractivity contribution is -0.384. The summed E-state index contributed by atoms with van der Waals surface area (Å²) in [4.78, 5) is 24.9. The van der Waals surface area contributed by atoms with Crippen LogP contribution in [0.25, 0.3) is 0 Å². The molecule has 1 aromatic carbocycles. The van der Waals surface area contributed by atoms with Crippen molar-refractivity contribution in [3.63, 3.8) is 0 Å². The molecule has 1 rings (SSSR count). The van der Waals surface area contributed by atoms with E-state index in [9.17, 15) is 14.9 Å². The van der Waals surface area contributed by atoms with Crippen molar-refractivity contribution in [2.24, 2.45) is 0 Å². The molecular formula is C15H23N3O3. The van der Waals surface area contributed by atoms with Crippen LogP contribution in [0.3, 0.4) is 0 Å². The normalized spacial score (nSPS) is 11.8. The largest absolute Gasteiger partial charge is 0.379 e. The number of hydrogen-bond donors (Lipinski definition) is 1. The van der Waals surface area contributed by atoms with E-state index >= 15 is 0 Å². The number of carbonyl (C=O) groups excluding carboxylic acids is 1. The maximum Gasteiger partial charge on any atom is 0.305 e. The van der Waals surface area contributed by atoms with Gasteiger partial charge in [-0.2, -0.15) is 0 Å². The molecule has 0 bridgehead atoms. The van der Waals surface area contributed by atoms with Gasteiger partial charge in [0.1, 0.15) is 11.3 Å². The van der Waals surface area contributed by atoms with Crippen LogP contribution < -0.4 is 5.32 Å². The molecule has 1 aromatic rings. The zero-order chi connectivity index (χ0) is 16.0. The summed E-state index contributed by atoms with van der Waals surface area (Å²) < 4.78 is 0. The molecule has 0 spiro atoms. The van der Waals surface area contributed by atoms with E-state index in [2.05, 4.69) is 5.32 Å².